The van der Waals surface area contributed by atoms with E-state index in [1.54, 1.807) is 6.20 Å². The number of ether oxygens (including phenoxy) is 1. The highest BCUT2D eigenvalue weighted by Gasteiger charge is 2.31. The summed E-state index contributed by atoms with van der Waals surface area (Å²) in [6.07, 6.45) is 7.57. The number of nitrogens with zero attached hydrogens (tertiary/aromatic N) is 6. The number of aromatic amines is 1. The number of fused-ring (bicyclic) bond motifs is 1. The second-order valence-corrected chi connectivity index (χ2v) is 10.1. The van der Waals surface area contributed by atoms with Crippen molar-refractivity contribution in [2.45, 2.75) is 39.2 Å². The van der Waals surface area contributed by atoms with E-state index in [9.17, 15) is 4.79 Å². The standard InChI is InChI=1S/C29H33N7O2/c1-2-38-29-31-11-9-24(34-29)22-6-7-25-26(17-22)33-27(32-25)18-23-16-20(8-10-30-23)19-35-12-14-36(15-13-35)28(37)21-4-3-5-21/h6-11,16-17,21H,2-5,12-15,18-19H2,1H3,(H,32,33). The number of carbonyl (C=O) groups excluding carboxylic acids is 1. The number of H-pyrrole nitrogens is 1. The van der Waals surface area contributed by atoms with Crippen LogP contribution in [-0.2, 0) is 17.8 Å². The van der Waals surface area contributed by atoms with Gasteiger partial charge >= 0.3 is 6.01 Å². The predicted octanol–water partition coefficient (Wildman–Crippen LogP) is 3.85. The minimum Gasteiger partial charge on any atom is -0.464 e. The molecule has 4 heterocycles. The van der Waals surface area contributed by atoms with E-state index < -0.39 is 0 Å². The Morgan fingerprint density at radius 2 is 1.87 bits per heavy atom. The zero-order chi connectivity index (χ0) is 25.9. The molecule has 38 heavy (non-hydrogen) atoms. The summed E-state index contributed by atoms with van der Waals surface area (Å²) in [5, 5.41) is 0. The van der Waals surface area contributed by atoms with Crippen LogP contribution in [0.1, 0.15) is 43.3 Å². The van der Waals surface area contributed by atoms with Gasteiger partial charge in [0.1, 0.15) is 5.82 Å². The summed E-state index contributed by atoms with van der Waals surface area (Å²) >= 11 is 0. The largest absolute Gasteiger partial charge is 0.464 e. The minimum absolute atomic E-state index is 0.287. The lowest BCUT2D eigenvalue weighted by molar-refractivity contribution is -0.140. The zero-order valence-corrected chi connectivity index (χ0v) is 21.8. The average molecular weight is 512 g/mol. The van der Waals surface area contributed by atoms with Crippen molar-refractivity contribution in [1.82, 2.24) is 34.7 Å². The van der Waals surface area contributed by atoms with Gasteiger partial charge in [0.05, 0.1) is 23.3 Å². The first-order valence-electron chi connectivity index (χ1n) is 13.5. The van der Waals surface area contributed by atoms with Gasteiger partial charge in [-0.25, -0.2) is 9.97 Å². The van der Waals surface area contributed by atoms with Crippen LogP contribution >= 0.6 is 0 Å². The molecule has 0 bridgehead atoms. The highest BCUT2D eigenvalue weighted by Crippen LogP contribution is 2.29. The van der Waals surface area contributed by atoms with Crippen LogP contribution in [0.3, 0.4) is 0 Å². The lowest BCUT2D eigenvalue weighted by atomic mass is 9.84. The van der Waals surface area contributed by atoms with Crippen LogP contribution in [0.15, 0.2) is 48.8 Å². The summed E-state index contributed by atoms with van der Waals surface area (Å²) in [7, 11) is 0. The van der Waals surface area contributed by atoms with Gasteiger partial charge in [-0.2, -0.15) is 4.98 Å². The molecule has 3 aromatic heterocycles. The third kappa shape index (κ3) is 5.38. The molecule has 0 radical (unpaired) electrons. The van der Waals surface area contributed by atoms with Gasteiger partial charge in [-0.15, -0.1) is 0 Å². The summed E-state index contributed by atoms with van der Waals surface area (Å²) in [5.41, 5.74) is 5.88. The van der Waals surface area contributed by atoms with E-state index in [1.807, 2.05) is 31.3 Å². The molecule has 1 saturated carbocycles. The van der Waals surface area contributed by atoms with Crippen molar-refractivity contribution in [3.8, 4) is 17.3 Å². The molecule has 0 atom stereocenters. The predicted molar refractivity (Wildman–Crippen MR) is 145 cm³/mol. The monoisotopic (exact) mass is 511 g/mol. The third-order valence-electron chi connectivity index (χ3n) is 7.51. The topological polar surface area (TPSA) is 100 Å². The normalized spacial score (nSPS) is 16.5. The second-order valence-electron chi connectivity index (χ2n) is 10.1. The smallest absolute Gasteiger partial charge is 0.316 e. The van der Waals surface area contributed by atoms with Crippen molar-refractivity contribution in [2.75, 3.05) is 32.8 Å². The highest BCUT2D eigenvalue weighted by atomic mass is 16.5. The SMILES string of the molecule is CCOc1nccc(-c2ccc3nc(Cc4cc(CN5CCN(C(=O)C6CCC6)CC5)ccn4)[nH]c3c2)n1. The van der Waals surface area contributed by atoms with Gasteiger partial charge in [0.2, 0.25) is 5.91 Å². The molecular formula is C29H33N7O2. The molecule has 1 amide bonds. The van der Waals surface area contributed by atoms with Gasteiger partial charge in [-0.1, -0.05) is 12.5 Å². The average Bonchev–Trinajstić information content (AvgIpc) is 3.30. The number of nitrogens with one attached hydrogen (secondary N) is 1. The first kappa shape index (κ1) is 24.5. The molecule has 1 aliphatic heterocycles. The number of hydrogen-bond donors (Lipinski definition) is 1. The maximum absolute atomic E-state index is 12.5. The van der Waals surface area contributed by atoms with Crippen molar-refractivity contribution in [2.24, 2.45) is 5.92 Å². The number of benzene rings is 1. The quantitative estimate of drug-likeness (QED) is 0.384. The van der Waals surface area contributed by atoms with Gasteiger partial charge in [-0.3, -0.25) is 14.7 Å². The van der Waals surface area contributed by atoms with Crippen LogP contribution in [0.5, 0.6) is 6.01 Å². The maximum Gasteiger partial charge on any atom is 0.316 e. The second kappa shape index (κ2) is 10.9. The van der Waals surface area contributed by atoms with E-state index in [0.29, 0.717) is 24.9 Å². The number of amides is 1. The van der Waals surface area contributed by atoms with E-state index in [2.05, 4.69) is 47.9 Å². The Labute approximate surface area is 222 Å². The molecule has 0 spiro atoms. The number of rotatable bonds is 8. The summed E-state index contributed by atoms with van der Waals surface area (Å²) in [6.45, 7) is 6.81. The van der Waals surface area contributed by atoms with Crippen molar-refractivity contribution in [3.05, 3.63) is 65.9 Å². The summed E-state index contributed by atoms with van der Waals surface area (Å²) in [4.78, 5) is 38.5. The molecule has 6 rings (SSSR count). The van der Waals surface area contributed by atoms with Crippen LogP contribution in [0.25, 0.3) is 22.3 Å². The van der Waals surface area contributed by atoms with Crippen LogP contribution in [-0.4, -0.2) is 73.4 Å². The fourth-order valence-corrected chi connectivity index (χ4v) is 5.20. The van der Waals surface area contributed by atoms with Crippen LogP contribution in [0.2, 0.25) is 0 Å². The van der Waals surface area contributed by atoms with E-state index in [-0.39, 0.29) is 5.92 Å². The molecule has 4 aromatic rings. The molecule has 1 N–H and O–H groups in total. The first-order valence-corrected chi connectivity index (χ1v) is 13.5. The molecule has 1 aromatic carbocycles. The number of hydrogen-bond acceptors (Lipinski definition) is 7. The van der Waals surface area contributed by atoms with Crippen molar-refractivity contribution in [3.63, 3.8) is 0 Å². The Morgan fingerprint density at radius 3 is 2.66 bits per heavy atom. The maximum atomic E-state index is 12.5. The van der Waals surface area contributed by atoms with Crippen molar-refractivity contribution < 1.29 is 9.53 Å². The lowest BCUT2D eigenvalue weighted by Crippen LogP contribution is -2.50. The van der Waals surface area contributed by atoms with E-state index in [0.717, 1.165) is 79.4 Å². The number of piperazine rings is 1. The Bertz CT molecular complexity index is 1420. The van der Waals surface area contributed by atoms with Gasteiger partial charge < -0.3 is 14.6 Å². The molecule has 1 aliphatic carbocycles. The van der Waals surface area contributed by atoms with E-state index in [4.69, 9.17) is 9.72 Å². The van der Waals surface area contributed by atoms with Crippen molar-refractivity contribution in [1.29, 1.82) is 0 Å². The summed E-state index contributed by atoms with van der Waals surface area (Å²) in [6, 6.07) is 12.6. The molecule has 1 saturated heterocycles. The van der Waals surface area contributed by atoms with Gasteiger partial charge in [0.25, 0.3) is 0 Å². The Hall–Kier alpha value is -3.85. The number of imidazole rings is 1. The molecule has 2 fully saturated rings. The Balaban J connectivity index is 1.09. The summed E-state index contributed by atoms with van der Waals surface area (Å²) < 4.78 is 5.44. The van der Waals surface area contributed by atoms with Crippen LogP contribution in [0, 0.1) is 5.92 Å². The number of aromatic nitrogens is 5. The van der Waals surface area contributed by atoms with Gasteiger partial charge in [-0.05, 0) is 55.7 Å². The van der Waals surface area contributed by atoms with Crippen LogP contribution < -0.4 is 4.74 Å². The summed E-state index contributed by atoms with van der Waals surface area (Å²) in [5.74, 6) is 1.53. The molecule has 9 heteroatoms. The van der Waals surface area contributed by atoms with Gasteiger partial charge in [0.15, 0.2) is 0 Å². The molecule has 196 valence electrons. The zero-order valence-electron chi connectivity index (χ0n) is 21.8. The lowest BCUT2D eigenvalue weighted by Gasteiger charge is -2.38. The first-order chi connectivity index (χ1) is 18.6. The third-order valence-corrected chi connectivity index (χ3v) is 7.51. The van der Waals surface area contributed by atoms with Crippen molar-refractivity contribution >= 4 is 16.9 Å². The Morgan fingerprint density at radius 1 is 1.03 bits per heavy atom. The van der Waals surface area contributed by atoms with Crippen LogP contribution in [0.4, 0.5) is 0 Å². The molecule has 9 nitrogen and oxygen atoms in total. The Kier molecular flexibility index (Phi) is 7.00. The van der Waals surface area contributed by atoms with E-state index >= 15 is 0 Å². The minimum atomic E-state index is 0.287. The van der Waals surface area contributed by atoms with Gasteiger partial charge in [0, 0.05) is 68.7 Å². The molecular weight excluding hydrogens is 478 g/mol. The highest BCUT2D eigenvalue weighted by molar-refractivity contribution is 5.81. The number of pyridine rings is 1. The van der Waals surface area contributed by atoms with E-state index in [1.165, 1.54) is 12.0 Å². The fourth-order valence-electron chi connectivity index (χ4n) is 5.20. The molecule has 0 unspecified atom stereocenters. The fraction of sp³-hybridized carbons (Fsp3) is 0.414. The number of carbonyl (C=O) groups is 1. The molecule has 2 aliphatic rings.